The number of nitrogens with zero attached hydrogens (tertiary/aromatic N) is 4. The number of hydrogen-bond donors (Lipinski definition) is 0. The standard InChI is InChI=1S/C14H10N4O/c15-5-11-4-12-13(17-7-11)9-18(14(12)19)8-10-2-1-3-16-6-10/h1-4,6-7H,8-9H2. The van der Waals surface area contributed by atoms with Gasteiger partial charge in [0.15, 0.2) is 0 Å². The fourth-order valence-corrected chi connectivity index (χ4v) is 2.13. The van der Waals surface area contributed by atoms with E-state index in [0.29, 0.717) is 24.2 Å². The number of rotatable bonds is 2. The van der Waals surface area contributed by atoms with Gasteiger partial charge < -0.3 is 4.90 Å². The quantitative estimate of drug-likeness (QED) is 0.810. The van der Waals surface area contributed by atoms with Crippen LogP contribution in [-0.4, -0.2) is 20.8 Å². The van der Waals surface area contributed by atoms with Crippen molar-refractivity contribution >= 4 is 5.91 Å². The van der Waals surface area contributed by atoms with E-state index >= 15 is 0 Å². The van der Waals surface area contributed by atoms with Crippen LogP contribution < -0.4 is 0 Å². The van der Waals surface area contributed by atoms with Crippen molar-refractivity contribution in [3.8, 4) is 6.07 Å². The molecule has 1 amide bonds. The lowest BCUT2D eigenvalue weighted by Crippen LogP contribution is -2.23. The van der Waals surface area contributed by atoms with Crippen molar-refractivity contribution in [2.24, 2.45) is 0 Å². The smallest absolute Gasteiger partial charge is 0.256 e. The number of aromatic nitrogens is 2. The topological polar surface area (TPSA) is 69.9 Å². The van der Waals surface area contributed by atoms with Crippen LogP contribution >= 0.6 is 0 Å². The van der Waals surface area contributed by atoms with Gasteiger partial charge in [-0.05, 0) is 17.7 Å². The van der Waals surface area contributed by atoms with Gasteiger partial charge in [-0.25, -0.2) is 0 Å². The summed E-state index contributed by atoms with van der Waals surface area (Å²) in [5, 5.41) is 8.83. The molecule has 3 heterocycles. The molecular weight excluding hydrogens is 240 g/mol. The monoisotopic (exact) mass is 250 g/mol. The maximum absolute atomic E-state index is 12.2. The summed E-state index contributed by atoms with van der Waals surface area (Å²) < 4.78 is 0. The van der Waals surface area contributed by atoms with Crippen molar-refractivity contribution in [3.63, 3.8) is 0 Å². The van der Waals surface area contributed by atoms with E-state index in [1.165, 1.54) is 6.20 Å². The SMILES string of the molecule is N#Cc1cnc2c(c1)C(=O)N(Cc1cccnc1)C2. The predicted octanol–water partition coefficient (Wildman–Crippen LogP) is 1.50. The minimum absolute atomic E-state index is 0.0801. The second-order valence-corrected chi connectivity index (χ2v) is 4.35. The molecule has 0 saturated carbocycles. The number of carbonyl (C=O) groups excluding carboxylic acids is 1. The van der Waals surface area contributed by atoms with Crippen molar-refractivity contribution in [3.05, 3.63) is 59.2 Å². The highest BCUT2D eigenvalue weighted by Gasteiger charge is 2.28. The average Bonchev–Trinajstić information content (AvgIpc) is 2.76. The molecule has 0 aliphatic carbocycles. The first-order valence-corrected chi connectivity index (χ1v) is 5.85. The Morgan fingerprint density at radius 3 is 3.05 bits per heavy atom. The molecule has 0 aromatic carbocycles. The Bertz CT molecular complexity index is 676. The third-order valence-electron chi connectivity index (χ3n) is 3.05. The molecule has 1 aliphatic rings. The van der Waals surface area contributed by atoms with Crippen molar-refractivity contribution < 1.29 is 4.79 Å². The third kappa shape index (κ3) is 2.04. The molecule has 5 nitrogen and oxygen atoms in total. The van der Waals surface area contributed by atoms with Crippen molar-refractivity contribution in [1.29, 1.82) is 5.26 Å². The zero-order valence-corrected chi connectivity index (χ0v) is 10.1. The molecule has 0 N–H and O–H groups in total. The fourth-order valence-electron chi connectivity index (χ4n) is 2.13. The van der Waals surface area contributed by atoms with E-state index in [4.69, 9.17) is 5.26 Å². The highest BCUT2D eigenvalue weighted by molar-refractivity contribution is 5.98. The molecule has 0 bridgehead atoms. The molecular formula is C14H10N4O. The van der Waals surface area contributed by atoms with Gasteiger partial charge in [0, 0.05) is 25.1 Å². The summed E-state index contributed by atoms with van der Waals surface area (Å²) in [7, 11) is 0. The summed E-state index contributed by atoms with van der Waals surface area (Å²) in [6.07, 6.45) is 4.94. The minimum Gasteiger partial charge on any atom is -0.328 e. The summed E-state index contributed by atoms with van der Waals surface area (Å²) in [4.78, 5) is 22.1. The third-order valence-corrected chi connectivity index (χ3v) is 3.05. The lowest BCUT2D eigenvalue weighted by atomic mass is 10.2. The number of amides is 1. The van der Waals surface area contributed by atoms with Crippen molar-refractivity contribution in [2.45, 2.75) is 13.1 Å². The molecule has 3 rings (SSSR count). The highest BCUT2D eigenvalue weighted by atomic mass is 16.2. The van der Waals surface area contributed by atoms with Gasteiger partial charge in [0.1, 0.15) is 6.07 Å². The summed E-state index contributed by atoms with van der Waals surface area (Å²) in [6, 6.07) is 7.37. The Kier molecular flexibility index (Phi) is 2.69. The van der Waals surface area contributed by atoms with Gasteiger partial charge in [-0.2, -0.15) is 5.26 Å². The molecule has 0 fully saturated rings. The maximum Gasteiger partial charge on any atom is 0.256 e. The largest absolute Gasteiger partial charge is 0.328 e. The lowest BCUT2D eigenvalue weighted by Gasteiger charge is -2.14. The first-order chi connectivity index (χ1) is 9.28. The van der Waals surface area contributed by atoms with Gasteiger partial charge in [0.2, 0.25) is 0 Å². The van der Waals surface area contributed by atoms with Gasteiger partial charge in [-0.1, -0.05) is 6.07 Å². The average molecular weight is 250 g/mol. The number of carbonyl (C=O) groups is 1. The van der Waals surface area contributed by atoms with Crippen LogP contribution in [0.3, 0.4) is 0 Å². The minimum atomic E-state index is -0.0801. The normalized spacial score (nSPS) is 13.2. The number of hydrogen-bond acceptors (Lipinski definition) is 4. The summed E-state index contributed by atoms with van der Waals surface area (Å²) >= 11 is 0. The Hall–Kier alpha value is -2.74. The van der Waals surface area contributed by atoms with E-state index in [-0.39, 0.29) is 5.91 Å². The Morgan fingerprint density at radius 1 is 1.42 bits per heavy atom. The molecule has 5 heteroatoms. The van der Waals surface area contributed by atoms with E-state index in [1.807, 2.05) is 18.2 Å². The van der Waals surface area contributed by atoms with Crippen LogP contribution in [0.25, 0.3) is 0 Å². The zero-order chi connectivity index (χ0) is 13.2. The molecule has 2 aromatic heterocycles. The van der Waals surface area contributed by atoms with Gasteiger partial charge in [-0.15, -0.1) is 0 Å². The molecule has 92 valence electrons. The summed E-state index contributed by atoms with van der Waals surface area (Å²) in [5.41, 5.74) is 2.65. The fraction of sp³-hybridized carbons (Fsp3) is 0.143. The van der Waals surface area contributed by atoms with Crippen molar-refractivity contribution in [2.75, 3.05) is 0 Å². The molecule has 2 aromatic rings. The second kappa shape index (κ2) is 4.50. The Labute approximate surface area is 110 Å². The van der Waals surface area contributed by atoms with Gasteiger partial charge in [0.25, 0.3) is 5.91 Å². The van der Waals surface area contributed by atoms with Crippen LogP contribution in [0.15, 0.2) is 36.8 Å². The van der Waals surface area contributed by atoms with E-state index in [2.05, 4.69) is 9.97 Å². The van der Waals surface area contributed by atoms with Gasteiger partial charge in [0.05, 0.1) is 23.4 Å². The summed E-state index contributed by atoms with van der Waals surface area (Å²) in [5.74, 6) is -0.0801. The molecule has 19 heavy (non-hydrogen) atoms. The maximum atomic E-state index is 12.2. The first kappa shape index (κ1) is 11.4. The van der Waals surface area contributed by atoms with Crippen LogP contribution in [0.1, 0.15) is 27.2 Å². The van der Waals surface area contributed by atoms with Crippen molar-refractivity contribution in [1.82, 2.24) is 14.9 Å². The number of pyridine rings is 2. The Morgan fingerprint density at radius 2 is 2.32 bits per heavy atom. The van der Waals surface area contributed by atoms with Crippen LogP contribution in [0.2, 0.25) is 0 Å². The Balaban J connectivity index is 1.86. The lowest BCUT2D eigenvalue weighted by molar-refractivity contribution is 0.0766. The molecule has 0 radical (unpaired) electrons. The predicted molar refractivity (Wildman–Crippen MR) is 66.8 cm³/mol. The summed E-state index contributed by atoms with van der Waals surface area (Å²) in [6.45, 7) is 0.986. The van der Waals surface area contributed by atoms with Gasteiger partial charge >= 0.3 is 0 Å². The molecule has 0 spiro atoms. The van der Waals surface area contributed by atoms with E-state index < -0.39 is 0 Å². The molecule has 0 unspecified atom stereocenters. The van der Waals surface area contributed by atoms with Crippen LogP contribution in [0, 0.1) is 11.3 Å². The van der Waals surface area contributed by atoms with E-state index in [9.17, 15) is 4.79 Å². The van der Waals surface area contributed by atoms with Crippen LogP contribution in [-0.2, 0) is 13.1 Å². The van der Waals surface area contributed by atoms with Crippen LogP contribution in [0.4, 0.5) is 0 Å². The number of fused-ring (bicyclic) bond motifs is 1. The number of nitriles is 1. The molecule has 0 atom stereocenters. The molecule has 0 saturated heterocycles. The van der Waals surface area contributed by atoms with Gasteiger partial charge in [-0.3, -0.25) is 14.8 Å². The second-order valence-electron chi connectivity index (χ2n) is 4.35. The highest BCUT2D eigenvalue weighted by Crippen LogP contribution is 2.23. The first-order valence-electron chi connectivity index (χ1n) is 5.85. The van der Waals surface area contributed by atoms with E-state index in [0.717, 1.165) is 11.3 Å². The van der Waals surface area contributed by atoms with E-state index in [1.54, 1.807) is 23.4 Å². The zero-order valence-electron chi connectivity index (χ0n) is 10.1. The molecule has 1 aliphatic heterocycles. The van der Waals surface area contributed by atoms with Crippen LogP contribution in [0.5, 0.6) is 0 Å².